The maximum atomic E-state index is 14.2. The first-order valence-electron chi connectivity index (χ1n) is 11.6. The minimum Gasteiger partial charge on any atom is -0.268 e. The summed E-state index contributed by atoms with van der Waals surface area (Å²) in [5, 5.41) is 0.825. The van der Waals surface area contributed by atoms with Gasteiger partial charge in [-0.1, -0.05) is 79.9 Å². The summed E-state index contributed by atoms with van der Waals surface area (Å²) in [4.78, 5) is 19.5. The Bertz CT molecular complexity index is 1160. The second-order valence-corrected chi connectivity index (χ2v) is 10.2. The van der Waals surface area contributed by atoms with Gasteiger partial charge in [0.15, 0.2) is 5.16 Å². The third-order valence-corrected chi connectivity index (χ3v) is 7.99. The Morgan fingerprint density at radius 3 is 2.55 bits per heavy atom. The van der Waals surface area contributed by atoms with Gasteiger partial charge in [0.1, 0.15) is 0 Å². The van der Waals surface area contributed by atoms with E-state index in [1.165, 1.54) is 24.0 Å². The molecule has 0 unspecified atom stereocenters. The van der Waals surface area contributed by atoms with Crippen molar-refractivity contribution in [2.24, 2.45) is 0 Å². The van der Waals surface area contributed by atoms with Crippen LogP contribution in [0.4, 0.5) is 0 Å². The lowest BCUT2D eigenvalue weighted by Crippen LogP contribution is -2.40. The van der Waals surface area contributed by atoms with Gasteiger partial charge >= 0.3 is 0 Å². The van der Waals surface area contributed by atoms with Crippen LogP contribution in [0.3, 0.4) is 0 Å². The average molecular weight is 431 g/mol. The molecule has 0 aliphatic heterocycles. The van der Waals surface area contributed by atoms with Gasteiger partial charge in [-0.3, -0.25) is 9.36 Å². The molecule has 3 aromatic rings. The van der Waals surface area contributed by atoms with Gasteiger partial charge in [-0.2, -0.15) is 0 Å². The van der Waals surface area contributed by atoms with Crippen molar-refractivity contribution in [1.82, 2.24) is 9.55 Å². The maximum absolute atomic E-state index is 14.2. The van der Waals surface area contributed by atoms with Crippen molar-refractivity contribution >= 4 is 11.8 Å². The molecule has 1 heterocycles. The lowest BCUT2D eigenvalue weighted by molar-refractivity contribution is 0.422. The first kappa shape index (κ1) is 20.6. The van der Waals surface area contributed by atoms with Crippen LogP contribution in [0, 0.1) is 6.92 Å². The smallest absolute Gasteiger partial charge is 0.263 e. The van der Waals surface area contributed by atoms with Gasteiger partial charge in [-0.25, -0.2) is 4.98 Å². The second kappa shape index (κ2) is 8.31. The predicted molar refractivity (Wildman–Crippen MR) is 129 cm³/mol. The van der Waals surface area contributed by atoms with Crippen LogP contribution in [0.15, 0.2) is 58.5 Å². The normalized spacial score (nSPS) is 16.3. The number of aryl methyl sites for hydroxylation is 1. The van der Waals surface area contributed by atoms with Crippen LogP contribution < -0.4 is 5.56 Å². The highest BCUT2D eigenvalue weighted by atomic mass is 32.2. The average Bonchev–Trinajstić information content (AvgIpc) is 3.23. The Labute approximate surface area is 188 Å². The van der Waals surface area contributed by atoms with E-state index in [-0.39, 0.29) is 11.0 Å². The molecule has 5 rings (SSSR count). The zero-order valence-corrected chi connectivity index (χ0v) is 19.3. The minimum absolute atomic E-state index is 0.0627. The molecule has 0 amide bonds. The molecule has 1 saturated carbocycles. The van der Waals surface area contributed by atoms with Crippen molar-refractivity contribution in [2.75, 3.05) is 5.75 Å². The lowest BCUT2D eigenvalue weighted by atomic mass is 9.68. The summed E-state index contributed by atoms with van der Waals surface area (Å²) >= 11 is 1.72. The number of nitrogens with zero attached hydrogens (tertiary/aromatic N) is 2. The van der Waals surface area contributed by atoms with E-state index >= 15 is 0 Å². The van der Waals surface area contributed by atoms with Gasteiger partial charge in [-0.15, -0.1) is 0 Å². The van der Waals surface area contributed by atoms with Gasteiger partial charge in [0.25, 0.3) is 5.56 Å². The predicted octanol–water partition coefficient (Wildman–Crippen LogP) is 6.47. The van der Waals surface area contributed by atoms with Gasteiger partial charge in [-0.05, 0) is 50.3 Å². The zero-order chi connectivity index (χ0) is 21.4. The number of unbranched alkanes of at least 4 members (excludes halogenated alkanes) is 1. The third-order valence-electron chi connectivity index (χ3n) is 6.97. The van der Waals surface area contributed by atoms with E-state index in [9.17, 15) is 4.79 Å². The Balaban J connectivity index is 1.78. The number of thioether (sulfide) groups is 1. The molecule has 1 spiro atoms. The largest absolute Gasteiger partial charge is 0.268 e. The molecular formula is C27H30N2OS. The Morgan fingerprint density at radius 1 is 1.06 bits per heavy atom. The summed E-state index contributed by atoms with van der Waals surface area (Å²) in [5.41, 5.74) is 6.61. The summed E-state index contributed by atoms with van der Waals surface area (Å²) in [5.74, 6) is 0.973. The number of benzene rings is 2. The lowest BCUT2D eigenvalue weighted by Gasteiger charge is -2.36. The standard InChI is InChI=1S/C27H30N2OS/c1-3-4-17-31-26-28-24-22-10-6-5-9-20(22)18-27(15-7-8-16-27)23(24)25(30)29(26)21-13-11-19(2)12-14-21/h5-6,9-14H,3-4,7-8,15-18H2,1-2H3. The van der Waals surface area contributed by atoms with Crippen LogP contribution in [0.25, 0.3) is 16.9 Å². The van der Waals surface area contributed by atoms with E-state index in [1.54, 1.807) is 11.8 Å². The van der Waals surface area contributed by atoms with E-state index < -0.39 is 0 Å². The monoisotopic (exact) mass is 430 g/mol. The Morgan fingerprint density at radius 2 is 1.81 bits per heavy atom. The molecule has 2 aromatic carbocycles. The first-order chi connectivity index (χ1) is 15.1. The van der Waals surface area contributed by atoms with Crippen molar-refractivity contribution in [3.8, 4) is 16.9 Å². The number of aromatic nitrogens is 2. The van der Waals surface area contributed by atoms with Gasteiger partial charge in [0.05, 0.1) is 16.9 Å². The van der Waals surface area contributed by atoms with Crippen molar-refractivity contribution in [2.45, 2.75) is 69.4 Å². The summed E-state index contributed by atoms with van der Waals surface area (Å²) in [7, 11) is 0. The maximum Gasteiger partial charge on any atom is 0.263 e. The van der Waals surface area contributed by atoms with Crippen LogP contribution in [0.5, 0.6) is 0 Å². The number of hydrogen-bond donors (Lipinski definition) is 0. The highest BCUT2D eigenvalue weighted by Crippen LogP contribution is 2.50. The van der Waals surface area contributed by atoms with Crippen LogP contribution in [0.2, 0.25) is 0 Å². The van der Waals surface area contributed by atoms with Crippen molar-refractivity contribution in [1.29, 1.82) is 0 Å². The van der Waals surface area contributed by atoms with Crippen LogP contribution in [-0.2, 0) is 11.8 Å². The molecule has 160 valence electrons. The topological polar surface area (TPSA) is 34.9 Å². The summed E-state index contributed by atoms with van der Waals surface area (Å²) < 4.78 is 1.90. The molecule has 2 aliphatic carbocycles. The fraction of sp³-hybridized carbons (Fsp3) is 0.407. The van der Waals surface area contributed by atoms with E-state index in [4.69, 9.17) is 4.98 Å². The Kier molecular flexibility index (Phi) is 5.51. The molecule has 1 fully saturated rings. The van der Waals surface area contributed by atoms with Crippen molar-refractivity contribution < 1.29 is 0 Å². The molecule has 3 nitrogen and oxygen atoms in total. The number of hydrogen-bond acceptors (Lipinski definition) is 3. The molecule has 0 bridgehead atoms. The van der Waals surface area contributed by atoms with Crippen molar-refractivity contribution in [3.05, 3.63) is 75.6 Å². The molecular weight excluding hydrogens is 400 g/mol. The third kappa shape index (κ3) is 3.55. The van der Waals surface area contributed by atoms with Crippen molar-refractivity contribution in [3.63, 3.8) is 0 Å². The van der Waals surface area contributed by atoms with E-state index in [2.05, 4.69) is 62.4 Å². The highest BCUT2D eigenvalue weighted by molar-refractivity contribution is 7.99. The summed E-state index contributed by atoms with van der Waals surface area (Å²) in [6, 6.07) is 16.9. The molecule has 4 heteroatoms. The quantitative estimate of drug-likeness (QED) is 0.264. The first-order valence-corrected chi connectivity index (χ1v) is 12.6. The molecule has 0 saturated heterocycles. The van der Waals surface area contributed by atoms with Crippen LogP contribution >= 0.6 is 11.8 Å². The highest BCUT2D eigenvalue weighted by Gasteiger charge is 2.44. The molecule has 31 heavy (non-hydrogen) atoms. The van der Waals surface area contributed by atoms with Crippen LogP contribution in [-0.4, -0.2) is 15.3 Å². The number of fused-ring (bicyclic) bond motifs is 4. The zero-order valence-electron chi connectivity index (χ0n) is 18.5. The van der Waals surface area contributed by atoms with Crippen LogP contribution in [0.1, 0.15) is 62.1 Å². The minimum atomic E-state index is -0.0627. The fourth-order valence-electron chi connectivity index (χ4n) is 5.34. The molecule has 0 N–H and O–H groups in total. The molecule has 1 aromatic heterocycles. The summed E-state index contributed by atoms with van der Waals surface area (Å²) in [6.45, 7) is 4.28. The van der Waals surface area contributed by atoms with E-state index in [1.807, 2.05) is 4.57 Å². The summed E-state index contributed by atoms with van der Waals surface area (Å²) in [6.07, 6.45) is 7.77. The Hall–Kier alpha value is -2.33. The SMILES string of the molecule is CCCCSc1nc2c(c(=O)n1-c1ccc(C)cc1)C1(CCCC1)Cc1ccccc1-2. The second-order valence-electron chi connectivity index (χ2n) is 9.12. The van der Waals surface area contributed by atoms with E-state index in [0.29, 0.717) is 0 Å². The molecule has 0 radical (unpaired) electrons. The number of rotatable bonds is 5. The molecule has 2 aliphatic rings. The fourth-order valence-corrected chi connectivity index (χ4v) is 6.43. The van der Waals surface area contributed by atoms with Gasteiger partial charge < -0.3 is 0 Å². The van der Waals surface area contributed by atoms with Gasteiger partial charge in [0.2, 0.25) is 0 Å². The van der Waals surface area contributed by atoms with Gasteiger partial charge in [0, 0.05) is 16.7 Å². The van der Waals surface area contributed by atoms with E-state index in [0.717, 1.165) is 65.5 Å². The molecule has 0 atom stereocenters.